The van der Waals surface area contributed by atoms with E-state index in [-0.39, 0.29) is 5.78 Å². The van der Waals surface area contributed by atoms with Crippen molar-refractivity contribution in [2.45, 2.75) is 12.8 Å². The lowest BCUT2D eigenvalue weighted by Gasteiger charge is -2.13. The van der Waals surface area contributed by atoms with E-state index in [1.54, 1.807) is 12.1 Å². The number of ketones is 1. The molecule has 0 unspecified atom stereocenters. The van der Waals surface area contributed by atoms with Gasteiger partial charge in [0.05, 0.1) is 12.8 Å². The molecule has 1 saturated carbocycles. The topological polar surface area (TPSA) is 33.5 Å². The molecule has 3 heteroatoms. The lowest BCUT2D eigenvalue weighted by atomic mass is 10.3. The van der Waals surface area contributed by atoms with E-state index in [1.807, 2.05) is 7.05 Å². The molecule has 1 aromatic heterocycles. The van der Waals surface area contributed by atoms with E-state index in [0.29, 0.717) is 12.3 Å². The van der Waals surface area contributed by atoms with Crippen molar-refractivity contribution < 1.29 is 9.21 Å². The lowest BCUT2D eigenvalue weighted by Crippen LogP contribution is -2.27. The fraction of sp³-hybridized carbons (Fsp3) is 0.545. The molecule has 1 aromatic rings. The number of hydrogen-bond donors (Lipinski definition) is 0. The number of Topliss-reactive ketones (excluding diaryl/α,β-unsaturated/α-hetero) is 1. The molecule has 0 bridgehead atoms. The quantitative estimate of drug-likeness (QED) is 0.669. The predicted octanol–water partition coefficient (Wildman–Crippen LogP) is 1.80. The normalized spacial score (nSPS) is 16.1. The molecule has 2 rings (SSSR count). The SMILES string of the molecule is CN(CC(=O)c1ccco1)CC1CC1. The molecule has 0 aliphatic heterocycles. The van der Waals surface area contributed by atoms with Crippen molar-refractivity contribution in [1.82, 2.24) is 4.90 Å². The third-order valence-electron chi connectivity index (χ3n) is 2.48. The molecule has 14 heavy (non-hydrogen) atoms. The first-order valence-electron chi connectivity index (χ1n) is 5.01. The number of likely N-dealkylation sites (N-methyl/N-ethyl adjacent to an activating group) is 1. The number of hydrogen-bond acceptors (Lipinski definition) is 3. The molecule has 1 fully saturated rings. The summed E-state index contributed by atoms with van der Waals surface area (Å²) in [5, 5.41) is 0. The highest BCUT2D eigenvalue weighted by Crippen LogP contribution is 2.29. The van der Waals surface area contributed by atoms with Crippen LogP contribution < -0.4 is 0 Å². The third kappa shape index (κ3) is 2.45. The molecule has 76 valence electrons. The zero-order valence-electron chi connectivity index (χ0n) is 8.40. The van der Waals surface area contributed by atoms with E-state index >= 15 is 0 Å². The minimum Gasteiger partial charge on any atom is -0.461 e. The van der Waals surface area contributed by atoms with Crippen molar-refractivity contribution in [2.75, 3.05) is 20.1 Å². The maximum atomic E-state index is 11.6. The van der Waals surface area contributed by atoms with E-state index < -0.39 is 0 Å². The van der Waals surface area contributed by atoms with E-state index in [2.05, 4.69) is 4.90 Å². The Morgan fingerprint density at radius 3 is 3.00 bits per heavy atom. The van der Waals surface area contributed by atoms with Gasteiger partial charge in [-0.2, -0.15) is 0 Å². The summed E-state index contributed by atoms with van der Waals surface area (Å²) in [7, 11) is 1.99. The van der Waals surface area contributed by atoms with Gasteiger partial charge in [-0.05, 0) is 37.9 Å². The molecule has 1 aliphatic rings. The first-order chi connectivity index (χ1) is 6.75. The zero-order chi connectivity index (χ0) is 9.97. The van der Waals surface area contributed by atoms with Gasteiger partial charge in [-0.3, -0.25) is 9.69 Å². The standard InChI is InChI=1S/C11H15NO2/c1-12(7-9-4-5-9)8-10(13)11-3-2-6-14-11/h2-3,6,9H,4-5,7-8H2,1H3. The lowest BCUT2D eigenvalue weighted by molar-refractivity contribution is 0.0917. The smallest absolute Gasteiger partial charge is 0.211 e. The van der Waals surface area contributed by atoms with Crippen LogP contribution in [0.2, 0.25) is 0 Å². The van der Waals surface area contributed by atoms with Gasteiger partial charge in [0.1, 0.15) is 0 Å². The molecule has 0 atom stereocenters. The Kier molecular flexibility index (Phi) is 2.68. The summed E-state index contributed by atoms with van der Waals surface area (Å²) in [6.07, 6.45) is 4.17. The van der Waals surface area contributed by atoms with Gasteiger partial charge < -0.3 is 4.42 Å². The predicted molar refractivity (Wildman–Crippen MR) is 53.3 cm³/mol. The number of carbonyl (C=O) groups excluding carboxylic acids is 1. The number of furan rings is 1. The highest BCUT2D eigenvalue weighted by Gasteiger charge is 2.23. The summed E-state index contributed by atoms with van der Waals surface area (Å²) >= 11 is 0. The van der Waals surface area contributed by atoms with E-state index in [1.165, 1.54) is 19.1 Å². The van der Waals surface area contributed by atoms with Crippen LogP contribution in [0.5, 0.6) is 0 Å². The second kappa shape index (κ2) is 3.96. The van der Waals surface area contributed by atoms with Crippen LogP contribution >= 0.6 is 0 Å². The zero-order valence-corrected chi connectivity index (χ0v) is 8.40. The number of rotatable bonds is 5. The molecule has 0 aromatic carbocycles. The van der Waals surface area contributed by atoms with Crippen LogP contribution in [0.3, 0.4) is 0 Å². The third-order valence-corrected chi connectivity index (χ3v) is 2.48. The average Bonchev–Trinajstić information content (AvgIpc) is 2.80. The van der Waals surface area contributed by atoms with Crippen LogP contribution in [-0.4, -0.2) is 30.8 Å². The average molecular weight is 193 g/mol. The maximum Gasteiger partial charge on any atom is 0.211 e. The Balaban J connectivity index is 1.81. The van der Waals surface area contributed by atoms with Crippen molar-refractivity contribution in [3.05, 3.63) is 24.2 Å². The summed E-state index contributed by atoms with van der Waals surface area (Å²) in [6.45, 7) is 1.50. The first kappa shape index (κ1) is 9.46. The van der Waals surface area contributed by atoms with Gasteiger partial charge in [-0.15, -0.1) is 0 Å². The monoisotopic (exact) mass is 193 g/mol. The Labute approximate surface area is 83.7 Å². The van der Waals surface area contributed by atoms with E-state index in [0.717, 1.165) is 12.5 Å². The molecular weight excluding hydrogens is 178 g/mol. The molecule has 0 N–H and O–H groups in total. The minimum atomic E-state index is 0.0677. The van der Waals surface area contributed by atoms with Gasteiger partial charge in [0.2, 0.25) is 5.78 Å². The number of nitrogens with zero attached hydrogens (tertiary/aromatic N) is 1. The first-order valence-corrected chi connectivity index (χ1v) is 5.01. The highest BCUT2D eigenvalue weighted by atomic mass is 16.3. The molecule has 3 nitrogen and oxygen atoms in total. The van der Waals surface area contributed by atoms with Crippen LogP contribution in [0.25, 0.3) is 0 Å². The molecule has 1 heterocycles. The Hall–Kier alpha value is -1.09. The van der Waals surface area contributed by atoms with Crippen molar-refractivity contribution in [3.63, 3.8) is 0 Å². The molecule has 0 saturated heterocycles. The Morgan fingerprint density at radius 1 is 1.64 bits per heavy atom. The summed E-state index contributed by atoms with van der Waals surface area (Å²) in [4.78, 5) is 13.7. The van der Waals surface area contributed by atoms with Crippen molar-refractivity contribution in [3.8, 4) is 0 Å². The van der Waals surface area contributed by atoms with E-state index in [4.69, 9.17) is 4.42 Å². The Morgan fingerprint density at radius 2 is 2.43 bits per heavy atom. The second-order valence-electron chi connectivity index (χ2n) is 4.04. The van der Waals surface area contributed by atoms with Crippen molar-refractivity contribution in [1.29, 1.82) is 0 Å². The van der Waals surface area contributed by atoms with Gasteiger partial charge in [-0.25, -0.2) is 0 Å². The van der Waals surface area contributed by atoms with Crippen LogP contribution in [0.4, 0.5) is 0 Å². The molecule has 0 amide bonds. The van der Waals surface area contributed by atoms with Crippen LogP contribution in [0, 0.1) is 5.92 Å². The molecule has 1 aliphatic carbocycles. The van der Waals surface area contributed by atoms with Crippen LogP contribution in [0.15, 0.2) is 22.8 Å². The second-order valence-corrected chi connectivity index (χ2v) is 4.04. The maximum absolute atomic E-state index is 11.6. The van der Waals surface area contributed by atoms with Crippen LogP contribution in [-0.2, 0) is 0 Å². The van der Waals surface area contributed by atoms with Crippen molar-refractivity contribution >= 4 is 5.78 Å². The van der Waals surface area contributed by atoms with Gasteiger partial charge >= 0.3 is 0 Å². The minimum absolute atomic E-state index is 0.0677. The van der Waals surface area contributed by atoms with E-state index in [9.17, 15) is 4.79 Å². The summed E-state index contributed by atoms with van der Waals surface area (Å²) in [5.41, 5.74) is 0. The number of carbonyl (C=O) groups is 1. The van der Waals surface area contributed by atoms with Crippen molar-refractivity contribution in [2.24, 2.45) is 5.92 Å². The van der Waals surface area contributed by atoms with Crippen LogP contribution in [0.1, 0.15) is 23.4 Å². The largest absolute Gasteiger partial charge is 0.461 e. The fourth-order valence-electron chi connectivity index (χ4n) is 1.57. The molecule has 0 spiro atoms. The highest BCUT2D eigenvalue weighted by molar-refractivity contribution is 5.94. The summed E-state index contributed by atoms with van der Waals surface area (Å²) in [6, 6.07) is 3.46. The van der Waals surface area contributed by atoms with Gasteiger partial charge in [0.25, 0.3) is 0 Å². The molecular formula is C11H15NO2. The van der Waals surface area contributed by atoms with Gasteiger partial charge in [0, 0.05) is 6.54 Å². The summed E-state index contributed by atoms with van der Waals surface area (Å²) in [5.74, 6) is 1.36. The fourth-order valence-corrected chi connectivity index (χ4v) is 1.57. The molecule has 0 radical (unpaired) electrons. The Bertz CT molecular complexity index is 301. The van der Waals surface area contributed by atoms with Gasteiger partial charge in [0.15, 0.2) is 5.76 Å². The van der Waals surface area contributed by atoms with Gasteiger partial charge in [-0.1, -0.05) is 0 Å². The summed E-state index contributed by atoms with van der Waals surface area (Å²) < 4.78 is 5.04.